The van der Waals surface area contributed by atoms with Gasteiger partial charge in [0.2, 0.25) is 0 Å². The zero-order valence-corrected chi connectivity index (χ0v) is 8.81. The number of ether oxygens (including phenoxy) is 1. The van der Waals surface area contributed by atoms with Crippen LogP contribution in [-0.2, 0) is 0 Å². The van der Waals surface area contributed by atoms with E-state index in [1.165, 1.54) is 12.1 Å². The van der Waals surface area contributed by atoms with E-state index in [1.54, 1.807) is 19.9 Å². The molecule has 0 saturated carbocycles. The molecule has 0 unspecified atom stereocenters. The van der Waals surface area contributed by atoms with Crippen molar-refractivity contribution in [2.45, 2.75) is 19.4 Å². The molecule has 0 saturated heterocycles. The van der Waals surface area contributed by atoms with Gasteiger partial charge in [-0.05, 0) is 26.0 Å². The summed E-state index contributed by atoms with van der Waals surface area (Å²) in [6, 6.07) is 4.49. The minimum atomic E-state index is -0.991. The fourth-order valence-corrected chi connectivity index (χ4v) is 1.02. The van der Waals surface area contributed by atoms with Crippen LogP contribution in [-0.4, -0.2) is 17.3 Å². The molecular weight excluding hydrogens is 207 g/mol. The van der Waals surface area contributed by atoms with E-state index in [0.717, 1.165) is 0 Å². The Morgan fingerprint density at radius 2 is 2.14 bits per heavy atom. The van der Waals surface area contributed by atoms with Crippen LogP contribution in [0.3, 0.4) is 0 Å². The van der Waals surface area contributed by atoms with Gasteiger partial charge >= 0.3 is 0 Å². The summed E-state index contributed by atoms with van der Waals surface area (Å²) in [7, 11) is 0. The molecule has 0 heterocycles. The molecule has 1 aromatic carbocycles. The highest BCUT2D eigenvalue weighted by Gasteiger charge is 2.15. The summed E-state index contributed by atoms with van der Waals surface area (Å²) in [4.78, 5) is 0. The first-order chi connectivity index (χ1) is 6.40. The first-order valence-electron chi connectivity index (χ1n) is 4.19. The summed E-state index contributed by atoms with van der Waals surface area (Å²) in [5, 5.41) is 9.37. The lowest BCUT2D eigenvalue weighted by Gasteiger charge is -2.18. The first kappa shape index (κ1) is 11.3. The second kappa shape index (κ2) is 4.15. The van der Waals surface area contributed by atoms with E-state index >= 15 is 0 Å². The Labute approximate surface area is 87.3 Å². The highest BCUT2D eigenvalue weighted by molar-refractivity contribution is 6.30. The van der Waals surface area contributed by atoms with Gasteiger partial charge in [-0.2, -0.15) is 0 Å². The molecule has 0 aliphatic heterocycles. The van der Waals surface area contributed by atoms with Crippen LogP contribution in [0.2, 0.25) is 5.02 Å². The molecule has 0 atom stereocenters. The lowest BCUT2D eigenvalue weighted by atomic mass is 10.2. The average Bonchev–Trinajstić information content (AvgIpc) is 2.06. The van der Waals surface area contributed by atoms with Crippen LogP contribution in [0.15, 0.2) is 18.2 Å². The van der Waals surface area contributed by atoms with Crippen LogP contribution in [0.4, 0.5) is 4.39 Å². The van der Waals surface area contributed by atoms with Gasteiger partial charge in [0.1, 0.15) is 6.61 Å². The molecule has 0 spiro atoms. The summed E-state index contributed by atoms with van der Waals surface area (Å²) < 4.78 is 18.3. The predicted molar refractivity (Wildman–Crippen MR) is 53.2 cm³/mol. The fraction of sp³-hybridized carbons (Fsp3) is 0.400. The zero-order chi connectivity index (χ0) is 10.8. The van der Waals surface area contributed by atoms with Gasteiger partial charge in [0.05, 0.1) is 10.6 Å². The van der Waals surface area contributed by atoms with E-state index in [-0.39, 0.29) is 17.4 Å². The van der Waals surface area contributed by atoms with Crippen molar-refractivity contribution < 1.29 is 14.2 Å². The molecule has 0 fully saturated rings. The molecule has 1 N–H and O–H groups in total. The maximum absolute atomic E-state index is 13.2. The Morgan fingerprint density at radius 3 is 2.71 bits per heavy atom. The van der Waals surface area contributed by atoms with Crippen LogP contribution in [0.1, 0.15) is 13.8 Å². The van der Waals surface area contributed by atoms with Crippen LogP contribution in [0.25, 0.3) is 0 Å². The number of hydrogen-bond acceptors (Lipinski definition) is 2. The summed E-state index contributed by atoms with van der Waals surface area (Å²) in [6.45, 7) is 3.18. The van der Waals surface area contributed by atoms with Crippen molar-refractivity contribution in [3.63, 3.8) is 0 Å². The smallest absolute Gasteiger partial charge is 0.183 e. The maximum atomic E-state index is 13.2. The molecule has 4 heteroatoms. The summed E-state index contributed by atoms with van der Waals surface area (Å²) in [5.74, 6) is -0.543. The Bertz CT molecular complexity index is 320. The van der Waals surface area contributed by atoms with Gasteiger partial charge in [-0.1, -0.05) is 17.7 Å². The van der Waals surface area contributed by atoms with Crippen molar-refractivity contribution in [2.24, 2.45) is 0 Å². The third-order valence-corrected chi connectivity index (χ3v) is 1.79. The Hall–Kier alpha value is -0.800. The summed E-state index contributed by atoms with van der Waals surface area (Å²) >= 11 is 5.55. The SMILES string of the molecule is CC(C)(O)COc1cccc(Cl)c1F. The summed E-state index contributed by atoms with van der Waals surface area (Å²) in [5.41, 5.74) is -0.991. The molecule has 2 nitrogen and oxygen atoms in total. The zero-order valence-electron chi connectivity index (χ0n) is 8.05. The molecule has 1 aromatic rings. The van der Waals surface area contributed by atoms with Crippen molar-refractivity contribution in [3.05, 3.63) is 29.0 Å². The van der Waals surface area contributed by atoms with Crippen molar-refractivity contribution >= 4 is 11.6 Å². The van der Waals surface area contributed by atoms with Gasteiger partial charge in [-0.15, -0.1) is 0 Å². The van der Waals surface area contributed by atoms with E-state index in [4.69, 9.17) is 16.3 Å². The normalized spacial score (nSPS) is 11.5. The third kappa shape index (κ3) is 3.16. The Balaban J connectivity index is 2.73. The van der Waals surface area contributed by atoms with E-state index < -0.39 is 11.4 Å². The molecule has 14 heavy (non-hydrogen) atoms. The number of rotatable bonds is 3. The number of aliphatic hydroxyl groups is 1. The van der Waals surface area contributed by atoms with Crippen LogP contribution >= 0.6 is 11.6 Å². The third-order valence-electron chi connectivity index (χ3n) is 1.50. The second-order valence-electron chi connectivity index (χ2n) is 3.65. The van der Waals surface area contributed by atoms with Gasteiger partial charge < -0.3 is 9.84 Å². The highest BCUT2D eigenvalue weighted by atomic mass is 35.5. The lowest BCUT2D eigenvalue weighted by molar-refractivity contribution is 0.0272. The number of halogens is 2. The van der Waals surface area contributed by atoms with Gasteiger partial charge in [0.15, 0.2) is 11.6 Å². The van der Waals surface area contributed by atoms with Crippen molar-refractivity contribution in [2.75, 3.05) is 6.61 Å². The largest absolute Gasteiger partial charge is 0.487 e. The van der Waals surface area contributed by atoms with E-state index in [0.29, 0.717) is 0 Å². The minimum Gasteiger partial charge on any atom is -0.487 e. The molecule has 78 valence electrons. The van der Waals surface area contributed by atoms with E-state index in [2.05, 4.69) is 0 Å². The molecule has 0 radical (unpaired) electrons. The molecule has 0 aliphatic carbocycles. The molecule has 0 bridgehead atoms. The predicted octanol–water partition coefficient (Wildman–Crippen LogP) is 2.63. The van der Waals surface area contributed by atoms with Gasteiger partial charge in [0, 0.05) is 0 Å². The van der Waals surface area contributed by atoms with Crippen LogP contribution < -0.4 is 4.74 Å². The summed E-state index contributed by atoms with van der Waals surface area (Å²) in [6.07, 6.45) is 0. The van der Waals surface area contributed by atoms with Crippen molar-refractivity contribution in [3.8, 4) is 5.75 Å². The van der Waals surface area contributed by atoms with Gasteiger partial charge in [-0.3, -0.25) is 0 Å². The average molecular weight is 219 g/mol. The molecule has 0 amide bonds. The molecular formula is C10H12ClFO2. The van der Waals surface area contributed by atoms with Crippen LogP contribution in [0, 0.1) is 5.82 Å². The Morgan fingerprint density at radius 1 is 1.50 bits per heavy atom. The monoisotopic (exact) mass is 218 g/mol. The van der Waals surface area contributed by atoms with Crippen LogP contribution in [0.5, 0.6) is 5.75 Å². The van der Waals surface area contributed by atoms with Crippen molar-refractivity contribution in [1.82, 2.24) is 0 Å². The quantitative estimate of drug-likeness (QED) is 0.845. The molecule has 1 rings (SSSR count). The minimum absolute atomic E-state index is 0.0123. The number of hydrogen-bond donors (Lipinski definition) is 1. The fourth-order valence-electron chi connectivity index (χ4n) is 0.850. The Kier molecular flexibility index (Phi) is 3.34. The molecule has 0 aliphatic rings. The standard InChI is InChI=1S/C10H12ClFO2/c1-10(2,13)6-14-8-5-3-4-7(11)9(8)12/h3-5,13H,6H2,1-2H3. The maximum Gasteiger partial charge on any atom is 0.183 e. The van der Waals surface area contributed by atoms with Gasteiger partial charge in [0.25, 0.3) is 0 Å². The highest BCUT2D eigenvalue weighted by Crippen LogP contribution is 2.24. The lowest BCUT2D eigenvalue weighted by Crippen LogP contribution is -2.28. The second-order valence-corrected chi connectivity index (χ2v) is 4.06. The number of benzene rings is 1. The topological polar surface area (TPSA) is 29.5 Å². The van der Waals surface area contributed by atoms with E-state index in [9.17, 15) is 9.50 Å². The molecule has 0 aromatic heterocycles. The van der Waals surface area contributed by atoms with Gasteiger partial charge in [-0.25, -0.2) is 4.39 Å². The van der Waals surface area contributed by atoms with Crippen molar-refractivity contribution in [1.29, 1.82) is 0 Å². The first-order valence-corrected chi connectivity index (χ1v) is 4.57. The van der Waals surface area contributed by atoms with E-state index in [1.807, 2.05) is 0 Å².